The number of carbonyl (C=O) groups is 1. The molecule has 0 atom stereocenters. The maximum Gasteiger partial charge on any atom is 0.227 e. The molecule has 0 aromatic heterocycles. The Morgan fingerprint density at radius 2 is 1.95 bits per heavy atom. The lowest BCUT2D eigenvalue weighted by Gasteiger charge is -2.34. The third kappa shape index (κ3) is 3.70. The highest BCUT2D eigenvalue weighted by Gasteiger charge is 2.23. The SMILES string of the molecule is CCN(C(=O)Cc1ccc(O)cc1)C1CCNCC1. The van der Waals surface area contributed by atoms with E-state index >= 15 is 0 Å². The molecule has 1 fully saturated rings. The minimum absolute atomic E-state index is 0.181. The van der Waals surface area contributed by atoms with Crippen LogP contribution in [0.2, 0.25) is 0 Å². The normalized spacial score (nSPS) is 16.3. The molecule has 1 aromatic carbocycles. The fourth-order valence-corrected chi connectivity index (χ4v) is 2.65. The van der Waals surface area contributed by atoms with Gasteiger partial charge in [-0.25, -0.2) is 0 Å². The zero-order chi connectivity index (χ0) is 13.7. The number of benzene rings is 1. The Morgan fingerprint density at radius 3 is 2.53 bits per heavy atom. The average molecular weight is 262 g/mol. The maximum atomic E-state index is 12.4. The van der Waals surface area contributed by atoms with Gasteiger partial charge >= 0.3 is 0 Å². The fourth-order valence-electron chi connectivity index (χ4n) is 2.65. The van der Waals surface area contributed by atoms with Gasteiger partial charge in [-0.15, -0.1) is 0 Å². The molecule has 0 saturated carbocycles. The Bertz CT molecular complexity index is 411. The van der Waals surface area contributed by atoms with Gasteiger partial charge in [0, 0.05) is 12.6 Å². The van der Waals surface area contributed by atoms with Crippen molar-refractivity contribution >= 4 is 5.91 Å². The Kier molecular flexibility index (Phi) is 4.80. The minimum atomic E-state index is 0.181. The smallest absolute Gasteiger partial charge is 0.227 e. The summed E-state index contributed by atoms with van der Waals surface area (Å²) in [7, 11) is 0. The zero-order valence-corrected chi connectivity index (χ0v) is 11.4. The van der Waals surface area contributed by atoms with Crippen LogP contribution in [0.1, 0.15) is 25.3 Å². The third-order valence-corrected chi connectivity index (χ3v) is 3.70. The van der Waals surface area contributed by atoms with Crippen LogP contribution in [0.3, 0.4) is 0 Å². The number of amides is 1. The topological polar surface area (TPSA) is 52.6 Å². The van der Waals surface area contributed by atoms with Gasteiger partial charge in [-0.1, -0.05) is 12.1 Å². The predicted molar refractivity (Wildman–Crippen MR) is 75.1 cm³/mol. The quantitative estimate of drug-likeness (QED) is 0.865. The minimum Gasteiger partial charge on any atom is -0.508 e. The van der Waals surface area contributed by atoms with E-state index in [9.17, 15) is 9.90 Å². The largest absolute Gasteiger partial charge is 0.508 e. The highest BCUT2D eigenvalue weighted by Crippen LogP contribution is 2.15. The van der Waals surface area contributed by atoms with Crippen molar-refractivity contribution in [2.24, 2.45) is 0 Å². The number of piperidine rings is 1. The molecule has 1 aromatic rings. The number of nitrogens with zero attached hydrogens (tertiary/aromatic N) is 1. The number of rotatable bonds is 4. The molecule has 0 radical (unpaired) electrons. The monoisotopic (exact) mass is 262 g/mol. The van der Waals surface area contributed by atoms with E-state index in [1.54, 1.807) is 12.1 Å². The average Bonchev–Trinajstić information content (AvgIpc) is 2.43. The molecule has 19 heavy (non-hydrogen) atoms. The van der Waals surface area contributed by atoms with Gasteiger partial charge in [0.05, 0.1) is 6.42 Å². The van der Waals surface area contributed by atoms with Crippen molar-refractivity contribution in [2.45, 2.75) is 32.2 Å². The first-order valence-corrected chi connectivity index (χ1v) is 6.98. The van der Waals surface area contributed by atoms with Crippen molar-refractivity contribution in [3.8, 4) is 5.75 Å². The first-order valence-electron chi connectivity index (χ1n) is 6.98. The molecule has 2 rings (SSSR count). The van der Waals surface area contributed by atoms with Gasteiger partial charge in [0.15, 0.2) is 0 Å². The number of phenolic OH excluding ortho intramolecular Hbond substituents is 1. The Labute approximate surface area is 114 Å². The number of hydrogen-bond acceptors (Lipinski definition) is 3. The first-order chi connectivity index (χ1) is 9.20. The van der Waals surface area contributed by atoms with Gasteiger partial charge in [0.2, 0.25) is 5.91 Å². The van der Waals surface area contributed by atoms with Crippen molar-refractivity contribution in [3.63, 3.8) is 0 Å². The molecular formula is C15H22N2O2. The van der Waals surface area contributed by atoms with Crippen molar-refractivity contribution < 1.29 is 9.90 Å². The van der Waals surface area contributed by atoms with Gasteiger partial charge in [-0.05, 0) is 50.6 Å². The van der Waals surface area contributed by atoms with Gasteiger partial charge < -0.3 is 15.3 Å². The van der Waals surface area contributed by atoms with Gasteiger partial charge in [-0.2, -0.15) is 0 Å². The Morgan fingerprint density at radius 1 is 1.32 bits per heavy atom. The van der Waals surface area contributed by atoms with Crippen molar-refractivity contribution in [2.75, 3.05) is 19.6 Å². The van der Waals surface area contributed by atoms with Gasteiger partial charge in [0.25, 0.3) is 0 Å². The van der Waals surface area contributed by atoms with E-state index in [0.717, 1.165) is 38.0 Å². The summed E-state index contributed by atoms with van der Waals surface area (Å²) < 4.78 is 0. The van der Waals surface area contributed by atoms with E-state index < -0.39 is 0 Å². The fraction of sp³-hybridized carbons (Fsp3) is 0.533. The number of hydrogen-bond donors (Lipinski definition) is 2. The number of aromatic hydroxyl groups is 1. The Hall–Kier alpha value is -1.55. The lowest BCUT2D eigenvalue weighted by Crippen LogP contribution is -2.46. The molecule has 1 saturated heterocycles. The highest BCUT2D eigenvalue weighted by molar-refractivity contribution is 5.79. The number of carbonyl (C=O) groups excluding carboxylic acids is 1. The van der Waals surface area contributed by atoms with Crippen LogP contribution in [-0.4, -0.2) is 41.6 Å². The highest BCUT2D eigenvalue weighted by atomic mass is 16.3. The standard InChI is InChI=1S/C15H22N2O2/c1-2-17(13-7-9-16-10-8-13)15(19)11-12-3-5-14(18)6-4-12/h3-6,13,16,18H,2,7-11H2,1H3. The van der Waals surface area contributed by atoms with Crippen LogP contribution in [0.15, 0.2) is 24.3 Å². The molecule has 0 bridgehead atoms. The molecule has 2 N–H and O–H groups in total. The van der Waals surface area contributed by atoms with E-state index in [2.05, 4.69) is 5.32 Å². The van der Waals surface area contributed by atoms with Crippen LogP contribution in [-0.2, 0) is 11.2 Å². The molecular weight excluding hydrogens is 240 g/mol. The van der Waals surface area contributed by atoms with Gasteiger partial charge in [-0.3, -0.25) is 4.79 Å². The summed E-state index contributed by atoms with van der Waals surface area (Å²) in [5.74, 6) is 0.419. The van der Waals surface area contributed by atoms with Crippen LogP contribution >= 0.6 is 0 Å². The number of likely N-dealkylation sites (N-methyl/N-ethyl adjacent to an activating group) is 1. The number of nitrogens with one attached hydrogen (secondary N) is 1. The van der Waals surface area contributed by atoms with E-state index in [4.69, 9.17) is 0 Å². The summed E-state index contributed by atoms with van der Waals surface area (Å²) in [5, 5.41) is 12.6. The van der Waals surface area contributed by atoms with Crippen molar-refractivity contribution in [1.82, 2.24) is 10.2 Å². The lowest BCUT2D eigenvalue weighted by atomic mass is 10.0. The Balaban J connectivity index is 1.97. The summed E-state index contributed by atoms with van der Waals surface area (Å²) in [6.07, 6.45) is 2.49. The molecule has 104 valence electrons. The molecule has 0 unspecified atom stereocenters. The second-order valence-electron chi connectivity index (χ2n) is 5.00. The molecule has 0 spiro atoms. The summed E-state index contributed by atoms with van der Waals surface area (Å²) >= 11 is 0. The second-order valence-corrected chi connectivity index (χ2v) is 5.00. The molecule has 4 nitrogen and oxygen atoms in total. The summed E-state index contributed by atoms with van der Waals surface area (Å²) in [6, 6.07) is 7.25. The maximum absolute atomic E-state index is 12.4. The predicted octanol–water partition coefficient (Wildman–Crippen LogP) is 1.54. The summed E-state index contributed by atoms with van der Waals surface area (Å²) in [5.41, 5.74) is 0.954. The van der Waals surface area contributed by atoms with Crippen molar-refractivity contribution in [3.05, 3.63) is 29.8 Å². The molecule has 0 aliphatic carbocycles. The molecule has 1 heterocycles. The van der Waals surface area contributed by atoms with Crippen LogP contribution < -0.4 is 5.32 Å². The van der Waals surface area contributed by atoms with Gasteiger partial charge in [0.1, 0.15) is 5.75 Å². The summed E-state index contributed by atoms with van der Waals surface area (Å²) in [4.78, 5) is 14.4. The third-order valence-electron chi connectivity index (χ3n) is 3.70. The van der Waals surface area contributed by atoms with Crippen molar-refractivity contribution in [1.29, 1.82) is 0 Å². The molecule has 4 heteroatoms. The van der Waals surface area contributed by atoms with E-state index in [1.165, 1.54) is 0 Å². The molecule has 1 amide bonds. The number of phenols is 1. The summed E-state index contributed by atoms with van der Waals surface area (Å²) in [6.45, 7) is 4.79. The van der Waals surface area contributed by atoms with E-state index in [-0.39, 0.29) is 11.7 Å². The van der Waals surface area contributed by atoms with Crippen LogP contribution in [0, 0.1) is 0 Å². The second kappa shape index (κ2) is 6.57. The van der Waals surface area contributed by atoms with E-state index in [1.807, 2.05) is 24.0 Å². The van der Waals surface area contributed by atoms with E-state index in [0.29, 0.717) is 12.5 Å². The zero-order valence-electron chi connectivity index (χ0n) is 11.4. The lowest BCUT2D eigenvalue weighted by molar-refractivity contribution is -0.133. The first kappa shape index (κ1) is 13.9. The van der Waals surface area contributed by atoms with Crippen LogP contribution in [0.4, 0.5) is 0 Å². The van der Waals surface area contributed by atoms with Crippen LogP contribution in [0.5, 0.6) is 5.75 Å². The molecule has 1 aliphatic rings. The van der Waals surface area contributed by atoms with Crippen LogP contribution in [0.25, 0.3) is 0 Å². The molecule has 1 aliphatic heterocycles.